The minimum Gasteiger partial charge on any atom is -0.462 e. The minimum absolute atomic E-state index is 0.100. The normalized spacial score (nSPS) is 22.7. The zero-order valence-corrected chi connectivity index (χ0v) is 36.3. The zero-order valence-electron chi connectivity index (χ0n) is 35.4. The van der Waals surface area contributed by atoms with E-state index in [-0.39, 0.29) is 12.8 Å². The molecular weight excluding hydrogens is 755 g/mol. The highest BCUT2D eigenvalue weighted by Gasteiger charge is 2.51. The molecule has 0 aromatic heterocycles. The summed E-state index contributed by atoms with van der Waals surface area (Å²) in [5, 5.41) is 50.1. The molecule has 1 aliphatic carbocycles. The molecule has 0 saturated heterocycles. The summed E-state index contributed by atoms with van der Waals surface area (Å²) in [6.07, 6.45) is 21.3. The molecule has 1 rings (SSSR count). The Hall–Kier alpha value is -1.41. The number of hydrogen-bond acceptors (Lipinski definition) is 12. The minimum atomic E-state index is -5.11. The van der Waals surface area contributed by atoms with Crippen molar-refractivity contribution in [2.24, 2.45) is 0 Å². The maximum absolute atomic E-state index is 12.8. The van der Waals surface area contributed by atoms with Gasteiger partial charge in [0.15, 0.2) is 6.10 Å². The van der Waals surface area contributed by atoms with Crippen molar-refractivity contribution in [2.75, 3.05) is 13.2 Å². The van der Waals surface area contributed by atoms with E-state index >= 15 is 0 Å². The van der Waals surface area contributed by atoms with Gasteiger partial charge in [0.2, 0.25) is 0 Å². The Morgan fingerprint density at radius 3 is 1.33 bits per heavy atom. The number of aliphatic hydroxyl groups excluding tert-OH is 5. The summed E-state index contributed by atoms with van der Waals surface area (Å²) in [6.45, 7) is 3.28. The summed E-state index contributed by atoms with van der Waals surface area (Å²) in [6, 6.07) is 0. The van der Waals surface area contributed by atoms with Crippen molar-refractivity contribution < 1.29 is 63.1 Å². The van der Waals surface area contributed by atoms with Crippen molar-refractivity contribution in [3.05, 3.63) is 12.2 Å². The number of esters is 2. The fourth-order valence-corrected chi connectivity index (χ4v) is 7.90. The van der Waals surface area contributed by atoms with Crippen LogP contribution in [-0.4, -0.2) is 98.3 Å². The first-order valence-corrected chi connectivity index (χ1v) is 24.0. The van der Waals surface area contributed by atoms with Crippen LogP contribution in [0.2, 0.25) is 0 Å². The number of allylic oxidation sites excluding steroid dienone is 2. The first-order valence-electron chi connectivity index (χ1n) is 22.5. The van der Waals surface area contributed by atoms with Gasteiger partial charge in [-0.05, 0) is 38.5 Å². The Balaban J connectivity index is 2.47. The van der Waals surface area contributed by atoms with Crippen LogP contribution in [0.5, 0.6) is 0 Å². The number of carbonyl (C=O) groups is 2. The molecule has 0 bridgehead atoms. The lowest BCUT2D eigenvalue weighted by Gasteiger charge is -2.41. The van der Waals surface area contributed by atoms with Crippen molar-refractivity contribution in [2.45, 2.75) is 236 Å². The van der Waals surface area contributed by atoms with Gasteiger partial charge >= 0.3 is 19.8 Å². The molecule has 6 unspecified atom stereocenters. The molecule has 0 amide bonds. The molecule has 13 nitrogen and oxygen atoms in total. The number of unbranched alkanes of at least 4 members (excludes halogenated alkanes) is 23. The van der Waals surface area contributed by atoms with Gasteiger partial charge in [0.05, 0.1) is 6.61 Å². The Kier molecular flexibility index (Phi) is 32.3. The molecule has 0 radical (unpaired) electrons. The van der Waals surface area contributed by atoms with Gasteiger partial charge in [-0.25, -0.2) is 4.57 Å². The lowest BCUT2D eigenvalue weighted by molar-refractivity contribution is -0.220. The number of phosphoric ester groups is 1. The standard InChI is InChI=1S/C43H81O13P/c1-3-5-7-9-11-13-15-17-18-20-21-23-25-27-29-31-36(44)53-33-35(34-54-57(51,52)56-43-41(49)39(47)38(46)40(48)42(43)50)55-37(45)32-30-28-26-24-22-19-16-14-12-10-8-6-4-2/h17-18,35,38-43,46-50H,3-16,19-34H2,1-2H3,(H,51,52)/b18-17+/t35-,38?,39-,40?,41?,42?,43?/m0/s1. The molecule has 0 aliphatic heterocycles. The van der Waals surface area contributed by atoms with Gasteiger partial charge in [0.1, 0.15) is 43.2 Å². The van der Waals surface area contributed by atoms with Gasteiger partial charge in [0, 0.05) is 12.8 Å². The Morgan fingerprint density at radius 2 is 0.895 bits per heavy atom. The van der Waals surface area contributed by atoms with Crippen LogP contribution in [0.1, 0.15) is 194 Å². The van der Waals surface area contributed by atoms with Crippen LogP contribution in [0, 0.1) is 0 Å². The molecule has 336 valence electrons. The Morgan fingerprint density at radius 1 is 0.526 bits per heavy atom. The van der Waals surface area contributed by atoms with Crippen molar-refractivity contribution in [3.8, 4) is 0 Å². The number of hydrogen-bond donors (Lipinski definition) is 6. The number of phosphoric acid groups is 1. The van der Waals surface area contributed by atoms with Crippen LogP contribution < -0.4 is 0 Å². The van der Waals surface area contributed by atoms with E-state index in [1.807, 2.05) is 0 Å². The third-order valence-corrected chi connectivity index (χ3v) is 11.6. The topological polar surface area (TPSA) is 210 Å². The first kappa shape index (κ1) is 53.6. The zero-order chi connectivity index (χ0) is 42.2. The molecule has 0 aromatic carbocycles. The van der Waals surface area contributed by atoms with Gasteiger partial charge in [-0.3, -0.25) is 18.6 Å². The molecule has 8 atom stereocenters. The summed E-state index contributed by atoms with van der Waals surface area (Å²) >= 11 is 0. The van der Waals surface area contributed by atoms with Crippen LogP contribution in [0.25, 0.3) is 0 Å². The van der Waals surface area contributed by atoms with E-state index in [1.54, 1.807) is 0 Å². The van der Waals surface area contributed by atoms with Crippen LogP contribution in [0.3, 0.4) is 0 Å². The number of ether oxygens (including phenoxy) is 2. The second-order valence-electron chi connectivity index (χ2n) is 15.9. The molecule has 0 heterocycles. The van der Waals surface area contributed by atoms with Crippen molar-refractivity contribution >= 4 is 19.8 Å². The fraction of sp³-hybridized carbons (Fsp3) is 0.907. The van der Waals surface area contributed by atoms with Gasteiger partial charge in [0.25, 0.3) is 0 Å². The SMILES string of the molecule is CCCCCCCC/C=C/CCCCCCCC(=O)OC[C@@H](COP(=O)(O)OC1C(O)C(O)C(O)[C@H](O)C1O)OC(=O)CCCCCCCCCCCCCCC. The highest BCUT2D eigenvalue weighted by Crippen LogP contribution is 2.47. The van der Waals surface area contributed by atoms with Crippen LogP contribution >= 0.6 is 7.82 Å². The molecule has 1 aliphatic rings. The van der Waals surface area contributed by atoms with Crippen molar-refractivity contribution in [1.82, 2.24) is 0 Å². The van der Waals surface area contributed by atoms with Gasteiger partial charge in [-0.15, -0.1) is 0 Å². The quantitative estimate of drug-likeness (QED) is 0.0151. The number of carbonyl (C=O) groups excluding carboxylic acids is 2. The predicted octanol–water partition coefficient (Wildman–Crippen LogP) is 8.28. The smallest absolute Gasteiger partial charge is 0.462 e. The van der Waals surface area contributed by atoms with Crippen LogP contribution in [0.15, 0.2) is 12.2 Å². The van der Waals surface area contributed by atoms with E-state index in [9.17, 15) is 44.6 Å². The van der Waals surface area contributed by atoms with Crippen molar-refractivity contribution in [1.29, 1.82) is 0 Å². The third kappa shape index (κ3) is 27.1. The third-order valence-electron chi connectivity index (χ3n) is 10.6. The molecule has 0 spiro atoms. The molecule has 14 heteroatoms. The Labute approximate surface area is 343 Å². The summed E-state index contributed by atoms with van der Waals surface area (Å²) in [7, 11) is -5.11. The molecule has 57 heavy (non-hydrogen) atoms. The summed E-state index contributed by atoms with van der Waals surface area (Å²) < 4.78 is 33.5. The predicted molar refractivity (Wildman–Crippen MR) is 221 cm³/mol. The van der Waals surface area contributed by atoms with Crippen LogP contribution in [0.4, 0.5) is 0 Å². The van der Waals surface area contributed by atoms with E-state index in [0.717, 1.165) is 64.2 Å². The van der Waals surface area contributed by atoms with E-state index in [0.29, 0.717) is 12.8 Å². The second-order valence-corrected chi connectivity index (χ2v) is 17.3. The molecule has 1 fully saturated rings. The summed E-state index contributed by atoms with van der Waals surface area (Å²) in [5.74, 6) is -1.10. The Bertz CT molecular complexity index is 1060. The van der Waals surface area contributed by atoms with Gasteiger partial charge in [-0.1, -0.05) is 154 Å². The first-order chi connectivity index (χ1) is 27.4. The van der Waals surface area contributed by atoms with E-state index < -0.39 is 75.7 Å². The molecule has 1 saturated carbocycles. The van der Waals surface area contributed by atoms with Gasteiger partial charge < -0.3 is 39.9 Å². The van der Waals surface area contributed by atoms with Gasteiger partial charge in [-0.2, -0.15) is 0 Å². The average Bonchev–Trinajstić information content (AvgIpc) is 3.19. The van der Waals surface area contributed by atoms with Crippen molar-refractivity contribution in [3.63, 3.8) is 0 Å². The maximum atomic E-state index is 12.8. The number of aliphatic hydroxyl groups is 5. The highest BCUT2D eigenvalue weighted by atomic mass is 31.2. The molecular formula is C43H81O13P. The van der Waals surface area contributed by atoms with E-state index in [2.05, 4.69) is 26.0 Å². The average molecular weight is 837 g/mol. The van der Waals surface area contributed by atoms with E-state index in [1.165, 1.54) is 89.9 Å². The van der Waals surface area contributed by atoms with Crippen LogP contribution in [-0.2, 0) is 32.7 Å². The second kappa shape index (κ2) is 34.3. The highest BCUT2D eigenvalue weighted by molar-refractivity contribution is 7.47. The summed E-state index contributed by atoms with van der Waals surface area (Å²) in [4.78, 5) is 35.6. The number of rotatable bonds is 37. The molecule has 6 N–H and O–H groups in total. The molecule has 0 aromatic rings. The lowest BCUT2D eigenvalue weighted by atomic mass is 9.85. The maximum Gasteiger partial charge on any atom is 0.472 e. The largest absolute Gasteiger partial charge is 0.472 e. The lowest BCUT2D eigenvalue weighted by Crippen LogP contribution is -2.64. The monoisotopic (exact) mass is 837 g/mol. The summed E-state index contributed by atoms with van der Waals surface area (Å²) in [5.41, 5.74) is 0. The van der Waals surface area contributed by atoms with E-state index in [4.69, 9.17) is 18.5 Å². The fourth-order valence-electron chi connectivity index (χ4n) is 6.93.